The van der Waals surface area contributed by atoms with Crippen LogP contribution in [-0.2, 0) is 9.59 Å². The Bertz CT molecular complexity index is 792. The van der Waals surface area contributed by atoms with Crippen LogP contribution in [0.25, 0.3) is 0 Å². The molecule has 0 saturated heterocycles. The largest absolute Gasteiger partial charge is 0.482 e. The SMILES string of the molecule is CC(Oc1ccc(/C=N/NC(=O)COc2ccccc2Cl)cc1)C(=O)O. The Balaban J connectivity index is 1.79. The van der Waals surface area contributed by atoms with E-state index in [1.807, 2.05) is 0 Å². The van der Waals surface area contributed by atoms with E-state index >= 15 is 0 Å². The molecule has 136 valence electrons. The number of halogens is 1. The number of para-hydroxylation sites is 1. The van der Waals surface area contributed by atoms with Crippen molar-refractivity contribution in [2.24, 2.45) is 5.10 Å². The molecule has 1 atom stereocenters. The van der Waals surface area contributed by atoms with Gasteiger partial charge >= 0.3 is 5.97 Å². The van der Waals surface area contributed by atoms with Crippen LogP contribution >= 0.6 is 11.6 Å². The van der Waals surface area contributed by atoms with Crippen LogP contribution in [0.4, 0.5) is 0 Å². The maximum absolute atomic E-state index is 11.7. The van der Waals surface area contributed by atoms with Gasteiger partial charge in [0, 0.05) is 0 Å². The molecule has 0 spiro atoms. The molecule has 0 fully saturated rings. The van der Waals surface area contributed by atoms with Gasteiger partial charge in [-0.05, 0) is 48.9 Å². The van der Waals surface area contributed by atoms with Crippen molar-refractivity contribution in [3.05, 3.63) is 59.1 Å². The van der Waals surface area contributed by atoms with Gasteiger partial charge in [0.1, 0.15) is 11.5 Å². The first-order chi connectivity index (χ1) is 12.5. The fraction of sp³-hybridized carbons (Fsp3) is 0.167. The number of amides is 1. The Labute approximate surface area is 155 Å². The fourth-order valence-electron chi connectivity index (χ4n) is 1.80. The minimum Gasteiger partial charge on any atom is -0.482 e. The van der Waals surface area contributed by atoms with Crippen LogP contribution in [0.5, 0.6) is 11.5 Å². The number of hydrazone groups is 1. The molecule has 1 unspecified atom stereocenters. The first kappa shape index (κ1) is 19.3. The summed E-state index contributed by atoms with van der Waals surface area (Å²) >= 11 is 5.92. The number of hydrogen-bond donors (Lipinski definition) is 2. The molecule has 2 aromatic carbocycles. The lowest BCUT2D eigenvalue weighted by molar-refractivity contribution is -0.144. The van der Waals surface area contributed by atoms with Crippen molar-refractivity contribution >= 4 is 29.7 Å². The van der Waals surface area contributed by atoms with E-state index in [-0.39, 0.29) is 6.61 Å². The molecular formula is C18H17ClN2O5. The summed E-state index contributed by atoms with van der Waals surface area (Å²) in [5, 5.41) is 13.0. The Hall–Kier alpha value is -3.06. The van der Waals surface area contributed by atoms with Gasteiger partial charge in [0.05, 0.1) is 11.2 Å². The third-order valence-corrected chi connectivity index (χ3v) is 3.45. The fourth-order valence-corrected chi connectivity index (χ4v) is 1.99. The lowest BCUT2D eigenvalue weighted by Gasteiger charge is -2.09. The second-order valence-electron chi connectivity index (χ2n) is 5.18. The number of nitrogens with one attached hydrogen (secondary N) is 1. The van der Waals surface area contributed by atoms with Gasteiger partial charge in [0.25, 0.3) is 5.91 Å². The molecule has 8 heteroatoms. The van der Waals surface area contributed by atoms with Crippen LogP contribution in [0.15, 0.2) is 53.6 Å². The topological polar surface area (TPSA) is 97.2 Å². The molecule has 0 heterocycles. The zero-order valence-electron chi connectivity index (χ0n) is 13.9. The summed E-state index contributed by atoms with van der Waals surface area (Å²) in [6, 6.07) is 13.4. The summed E-state index contributed by atoms with van der Waals surface area (Å²) in [7, 11) is 0. The number of rotatable bonds is 8. The van der Waals surface area contributed by atoms with Gasteiger partial charge in [-0.3, -0.25) is 4.79 Å². The molecule has 0 aromatic heterocycles. The van der Waals surface area contributed by atoms with Crippen LogP contribution < -0.4 is 14.9 Å². The Morgan fingerprint density at radius 2 is 1.92 bits per heavy atom. The number of nitrogens with zero attached hydrogens (tertiary/aromatic N) is 1. The molecule has 0 aliphatic carbocycles. The van der Waals surface area contributed by atoms with Crippen LogP contribution in [0.3, 0.4) is 0 Å². The molecule has 0 aliphatic heterocycles. The van der Waals surface area contributed by atoms with Crippen LogP contribution in [-0.4, -0.2) is 35.9 Å². The van der Waals surface area contributed by atoms with E-state index in [0.29, 0.717) is 22.1 Å². The second-order valence-corrected chi connectivity index (χ2v) is 5.59. The molecule has 0 aliphatic rings. The molecule has 2 aromatic rings. The Morgan fingerprint density at radius 1 is 1.23 bits per heavy atom. The zero-order chi connectivity index (χ0) is 18.9. The maximum Gasteiger partial charge on any atom is 0.344 e. The number of aliphatic carboxylic acids is 1. The van der Waals surface area contributed by atoms with E-state index in [1.165, 1.54) is 13.1 Å². The number of carbonyl (C=O) groups excluding carboxylic acids is 1. The van der Waals surface area contributed by atoms with Crippen molar-refractivity contribution in [3.8, 4) is 11.5 Å². The van der Waals surface area contributed by atoms with E-state index in [0.717, 1.165) is 0 Å². The zero-order valence-corrected chi connectivity index (χ0v) is 14.6. The summed E-state index contributed by atoms with van der Waals surface area (Å²) in [5.74, 6) is -0.637. The number of carbonyl (C=O) groups is 2. The highest BCUT2D eigenvalue weighted by Gasteiger charge is 2.11. The predicted octanol–water partition coefficient (Wildman–Crippen LogP) is 2.72. The smallest absolute Gasteiger partial charge is 0.344 e. The van der Waals surface area contributed by atoms with Gasteiger partial charge in [0.2, 0.25) is 0 Å². The Morgan fingerprint density at radius 3 is 2.58 bits per heavy atom. The van der Waals surface area contributed by atoms with Gasteiger partial charge < -0.3 is 14.6 Å². The summed E-state index contributed by atoms with van der Waals surface area (Å²) in [6.07, 6.45) is 0.504. The highest BCUT2D eigenvalue weighted by atomic mass is 35.5. The molecule has 2 rings (SSSR count). The van der Waals surface area contributed by atoms with E-state index < -0.39 is 18.0 Å². The average Bonchev–Trinajstić information content (AvgIpc) is 2.62. The molecule has 1 amide bonds. The first-order valence-corrected chi connectivity index (χ1v) is 8.02. The lowest BCUT2D eigenvalue weighted by Crippen LogP contribution is -2.24. The maximum atomic E-state index is 11.7. The normalized spacial score (nSPS) is 11.8. The molecule has 7 nitrogen and oxygen atoms in total. The number of carboxylic acids is 1. The highest BCUT2D eigenvalue weighted by molar-refractivity contribution is 6.32. The van der Waals surface area contributed by atoms with Crippen molar-refractivity contribution in [2.45, 2.75) is 13.0 Å². The van der Waals surface area contributed by atoms with Crippen molar-refractivity contribution in [3.63, 3.8) is 0 Å². The minimum absolute atomic E-state index is 0.221. The third-order valence-electron chi connectivity index (χ3n) is 3.14. The van der Waals surface area contributed by atoms with Gasteiger partial charge in [-0.25, -0.2) is 10.2 Å². The number of carboxylic acid groups (broad SMARTS) is 1. The molecule has 0 saturated carbocycles. The van der Waals surface area contributed by atoms with Crippen molar-refractivity contribution in [2.75, 3.05) is 6.61 Å². The van der Waals surface area contributed by atoms with Gasteiger partial charge in [0.15, 0.2) is 12.7 Å². The highest BCUT2D eigenvalue weighted by Crippen LogP contribution is 2.22. The number of hydrogen-bond acceptors (Lipinski definition) is 5. The van der Waals surface area contributed by atoms with Crippen LogP contribution in [0.1, 0.15) is 12.5 Å². The van der Waals surface area contributed by atoms with E-state index in [1.54, 1.807) is 48.5 Å². The predicted molar refractivity (Wildman–Crippen MR) is 96.9 cm³/mol. The minimum atomic E-state index is -1.04. The summed E-state index contributed by atoms with van der Waals surface area (Å²) < 4.78 is 10.5. The van der Waals surface area contributed by atoms with Crippen molar-refractivity contribution in [1.29, 1.82) is 0 Å². The van der Waals surface area contributed by atoms with Gasteiger partial charge in [-0.1, -0.05) is 23.7 Å². The molecule has 2 N–H and O–H groups in total. The van der Waals surface area contributed by atoms with Crippen molar-refractivity contribution in [1.82, 2.24) is 5.43 Å². The first-order valence-electron chi connectivity index (χ1n) is 7.64. The quantitative estimate of drug-likeness (QED) is 0.545. The van der Waals surface area contributed by atoms with Crippen LogP contribution in [0.2, 0.25) is 5.02 Å². The molecule has 26 heavy (non-hydrogen) atoms. The summed E-state index contributed by atoms with van der Waals surface area (Å²) in [5.41, 5.74) is 3.04. The summed E-state index contributed by atoms with van der Waals surface area (Å²) in [4.78, 5) is 22.4. The summed E-state index contributed by atoms with van der Waals surface area (Å²) in [6.45, 7) is 1.22. The van der Waals surface area contributed by atoms with Gasteiger partial charge in [-0.15, -0.1) is 0 Å². The second kappa shape index (κ2) is 9.43. The van der Waals surface area contributed by atoms with Gasteiger partial charge in [-0.2, -0.15) is 5.10 Å². The van der Waals surface area contributed by atoms with E-state index in [4.69, 9.17) is 26.2 Å². The van der Waals surface area contributed by atoms with E-state index in [9.17, 15) is 9.59 Å². The standard InChI is InChI=1S/C18H17ClN2O5/c1-12(18(23)24)26-14-8-6-13(7-9-14)10-20-21-17(22)11-25-16-5-3-2-4-15(16)19/h2-10,12H,11H2,1H3,(H,21,22)(H,23,24)/b20-10+. The average molecular weight is 377 g/mol. The molecular weight excluding hydrogens is 360 g/mol. The number of ether oxygens (including phenoxy) is 2. The monoisotopic (exact) mass is 376 g/mol. The van der Waals surface area contributed by atoms with Crippen LogP contribution in [0, 0.1) is 0 Å². The molecule has 0 bridgehead atoms. The Kier molecular flexibility index (Phi) is 6.99. The number of benzene rings is 2. The van der Waals surface area contributed by atoms with E-state index in [2.05, 4.69) is 10.5 Å². The lowest BCUT2D eigenvalue weighted by atomic mass is 10.2. The van der Waals surface area contributed by atoms with Crippen molar-refractivity contribution < 1.29 is 24.2 Å². The third kappa shape index (κ3) is 6.10. The molecule has 0 radical (unpaired) electrons.